The number of nitrogens with one attached hydrogen (secondary N) is 1. The molecule has 1 aromatic rings. The predicted molar refractivity (Wildman–Crippen MR) is 81.7 cm³/mol. The Balaban J connectivity index is 1.76. The molecule has 1 atom stereocenters. The Hall–Kier alpha value is -1.56. The summed E-state index contributed by atoms with van der Waals surface area (Å²) in [6, 6.07) is 10.3. The number of benzene rings is 1. The highest BCUT2D eigenvalue weighted by molar-refractivity contribution is 6.23. The van der Waals surface area contributed by atoms with E-state index in [1.807, 2.05) is 18.2 Å². The lowest BCUT2D eigenvalue weighted by Crippen LogP contribution is -2.48. The highest BCUT2D eigenvalue weighted by Crippen LogP contribution is 2.27. The van der Waals surface area contributed by atoms with Gasteiger partial charge in [-0.2, -0.15) is 4.99 Å². The number of ether oxygens (including phenoxy) is 1. The summed E-state index contributed by atoms with van der Waals surface area (Å²) < 4.78 is 5.24. The smallest absolute Gasteiger partial charge is 0.320 e. The number of hydrogen-bond acceptors (Lipinski definition) is 5. The SMILES string of the molecule is COC1=NC(O)(Cl)NC2=C1CCN(Cc1ccccc1)C2. The monoisotopic (exact) mass is 307 g/mol. The van der Waals surface area contributed by atoms with E-state index in [4.69, 9.17) is 16.3 Å². The molecule has 0 saturated carbocycles. The Labute approximate surface area is 128 Å². The zero-order valence-corrected chi connectivity index (χ0v) is 12.6. The van der Waals surface area contributed by atoms with Crippen molar-refractivity contribution in [2.24, 2.45) is 4.99 Å². The zero-order chi connectivity index (χ0) is 14.9. The first-order valence-corrected chi connectivity index (χ1v) is 7.27. The van der Waals surface area contributed by atoms with Crippen LogP contribution in [0.4, 0.5) is 0 Å². The molecule has 3 rings (SSSR count). The average Bonchev–Trinajstić information content (AvgIpc) is 2.46. The van der Waals surface area contributed by atoms with Crippen molar-refractivity contribution in [1.82, 2.24) is 10.2 Å². The lowest BCUT2D eigenvalue weighted by molar-refractivity contribution is 0.0988. The molecule has 21 heavy (non-hydrogen) atoms. The molecule has 1 unspecified atom stereocenters. The largest absolute Gasteiger partial charge is 0.481 e. The van der Waals surface area contributed by atoms with E-state index in [1.54, 1.807) is 0 Å². The number of hydrogen-bond donors (Lipinski definition) is 2. The molecule has 2 aliphatic heterocycles. The Morgan fingerprint density at radius 3 is 2.90 bits per heavy atom. The van der Waals surface area contributed by atoms with Gasteiger partial charge >= 0.3 is 5.31 Å². The van der Waals surface area contributed by atoms with E-state index in [0.29, 0.717) is 12.4 Å². The van der Waals surface area contributed by atoms with Crippen LogP contribution in [-0.2, 0) is 11.3 Å². The van der Waals surface area contributed by atoms with E-state index in [9.17, 15) is 5.11 Å². The topological polar surface area (TPSA) is 57.1 Å². The fraction of sp³-hybridized carbons (Fsp3) is 0.400. The molecule has 112 valence electrons. The van der Waals surface area contributed by atoms with Crippen molar-refractivity contribution in [2.45, 2.75) is 18.3 Å². The van der Waals surface area contributed by atoms with Gasteiger partial charge in [-0.15, -0.1) is 0 Å². The molecular weight excluding hydrogens is 290 g/mol. The molecule has 2 N–H and O–H groups in total. The third kappa shape index (κ3) is 3.20. The average molecular weight is 308 g/mol. The van der Waals surface area contributed by atoms with Gasteiger partial charge in [-0.25, -0.2) is 0 Å². The molecule has 0 aromatic heterocycles. The van der Waals surface area contributed by atoms with E-state index in [1.165, 1.54) is 12.7 Å². The van der Waals surface area contributed by atoms with Crippen LogP contribution in [0.25, 0.3) is 0 Å². The summed E-state index contributed by atoms with van der Waals surface area (Å²) in [7, 11) is 1.54. The van der Waals surface area contributed by atoms with Crippen molar-refractivity contribution in [3.8, 4) is 0 Å². The maximum Gasteiger partial charge on any atom is 0.320 e. The number of methoxy groups -OCH3 is 1. The summed E-state index contributed by atoms with van der Waals surface area (Å²) in [6.45, 7) is 2.46. The van der Waals surface area contributed by atoms with Crippen molar-refractivity contribution in [3.05, 3.63) is 47.2 Å². The van der Waals surface area contributed by atoms with Crippen LogP contribution in [0.5, 0.6) is 0 Å². The third-order valence-corrected chi connectivity index (χ3v) is 3.86. The van der Waals surface area contributed by atoms with E-state index in [-0.39, 0.29) is 0 Å². The Morgan fingerprint density at radius 1 is 1.43 bits per heavy atom. The minimum atomic E-state index is -1.82. The van der Waals surface area contributed by atoms with Gasteiger partial charge in [0.25, 0.3) is 0 Å². The molecular formula is C15H18ClN3O2. The first-order valence-electron chi connectivity index (χ1n) is 6.89. The van der Waals surface area contributed by atoms with Gasteiger partial charge in [0, 0.05) is 30.9 Å². The molecule has 0 fully saturated rings. The van der Waals surface area contributed by atoms with Crippen LogP contribution >= 0.6 is 11.6 Å². The van der Waals surface area contributed by atoms with Crippen LogP contribution in [0.2, 0.25) is 0 Å². The Morgan fingerprint density at radius 2 is 2.19 bits per heavy atom. The van der Waals surface area contributed by atoms with Gasteiger partial charge < -0.3 is 15.2 Å². The summed E-state index contributed by atoms with van der Waals surface area (Å²) in [4.78, 5) is 6.25. The predicted octanol–water partition coefficient (Wildman–Crippen LogP) is 1.64. The number of aliphatic imine (C=N–C) groups is 1. The molecule has 2 heterocycles. The molecule has 0 bridgehead atoms. The molecule has 0 aliphatic carbocycles. The lowest BCUT2D eigenvalue weighted by atomic mass is 10.0. The summed E-state index contributed by atoms with van der Waals surface area (Å²) in [5.74, 6) is 0.417. The van der Waals surface area contributed by atoms with E-state index in [0.717, 1.165) is 30.8 Å². The van der Waals surface area contributed by atoms with E-state index < -0.39 is 5.31 Å². The minimum Gasteiger partial charge on any atom is -0.481 e. The summed E-state index contributed by atoms with van der Waals surface area (Å²) in [6.07, 6.45) is 0.814. The third-order valence-electron chi connectivity index (χ3n) is 3.68. The minimum absolute atomic E-state index is 0.417. The maximum absolute atomic E-state index is 9.93. The van der Waals surface area contributed by atoms with Crippen LogP contribution in [-0.4, -0.2) is 41.4 Å². The van der Waals surface area contributed by atoms with Gasteiger partial charge in [-0.1, -0.05) is 30.3 Å². The molecule has 0 saturated heterocycles. The standard InChI is InChI=1S/C15H18ClN3O2/c1-21-14-12-7-8-19(9-11-5-3-2-4-6-11)10-13(12)17-15(16,20)18-14/h2-6,17,20H,7-10H2,1H3. The molecule has 0 radical (unpaired) electrons. The Kier molecular flexibility index (Phi) is 3.89. The van der Waals surface area contributed by atoms with Crippen molar-refractivity contribution in [3.63, 3.8) is 0 Å². The van der Waals surface area contributed by atoms with Crippen LogP contribution < -0.4 is 5.32 Å². The van der Waals surface area contributed by atoms with Gasteiger partial charge in [0.1, 0.15) is 0 Å². The summed E-state index contributed by atoms with van der Waals surface area (Å²) in [5.41, 5.74) is 3.13. The fourth-order valence-corrected chi connectivity index (χ4v) is 2.93. The second-order valence-corrected chi connectivity index (χ2v) is 5.76. The Bertz CT molecular complexity index is 584. The number of nitrogens with zero attached hydrogens (tertiary/aromatic N) is 2. The highest BCUT2D eigenvalue weighted by Gasteiger charge is 2.35. The van der Waals surface area contributed by atoms with Crippen molar-refractivity contribution >= 4 is 17.5 Å². The van der Waals surface area contributed by atoms with Gasteiger partial charge in [-0.3, -0.25) is 4.90 Å². The first-order chi connectivity index (χ1) is 10.1. The van der Waals surface area contributed by atoms with Crippen LogP contribution in [0.3, 0.4) is 0 Å². The van der Waals surface area contributed by atoms with Gasteiger partial charge in [0.2, 0.25) is 5.90 Å². The second-order valence-electron chi connectivity index (χ2n) is 5.24. The maximum atomic E-state index is 9.93. The first kappa shape index (κ1) is 14.4. The molecule has 1 aromatic carbocycles. The molecule has 5 nitrogen and oxygen atoms in total. The molecule has 0 amide bonds. The van der Waals surface area contributed by atoms with Crippen molar-refractivity contribution in [1.29, 1.82) is 0 Å². The number of halogens is 1. The van der Waals surface area contributed by atoms with Gasteiger partial charge in [-0.05, 0) is 23.6 Å². The lowest BCUT2D eigenvalue weighted by Gasteiger charge is -2.36. The summed E-state index contributed by atoms with van der Waals surface area (Å²) in [5, 5.41) is 11.0. The van der Waals surface area contributed by atoms with Gasteiger partial charge in [0.05, 0.1) is 7.11 Å². The van der Waals surface area contributed by atoms with Crippen molar-refractivity contribution < 1.29 is 9.84 Å². The van der Waals surface area contributed by atoms with Crippen LogP contribution in [0.1, 0.15) is 12.0 Å². The molecule has 2 aliphatic rings. The van der Waals surface area contributed by atoms with E-state index >= 15 is 0 Å². The van der Waals surface area contributed by atoms with Crippen LogP contribution in [0.15, 0.2) is 46.6 Å². The normalized spacial score (nSPS) is 26.0. The highest BCUT2D eigenvalue weighted by atomic mass is 35.5. The molecule has 0 spiro atoms. The van der Waals surface area contributed by atoms with Crippen molar-refractivity contribution in [2.75, 3.05) is 20.2 Å². The second kappa shape index (κ2) is 5.67. The zero-order valence-electron chi connectivity index (χ0n) is 11.8. The molecule has 6 heteroatoms. The fourth-order valence-electron chi connectivity index (χ4n) is 2.74. The van der Waals surface area contributed by atoms with Gasteiger partial charge in [0.15, 0.2) is 0 Å². The van der Waals surface area contributed by atoms with E-state index in [2.05, 4.69) is 27.3 Å². The van der Waals surface area contributed by atoms with Crippen LogP contribution in [0, 0.1) is 0 Å². The summed E-state index contributed by atoms with van der Waals surface area (Å²) >= 11 is 5.90. The quantitative estimate of drug-likeness (QED) is 0.644. The number of aliphatic hydroxyl groups is 1. The number of rotatable bonds is 2. The number of alkyl halides is 1.